The summed E-state index contributed by atoms with van der Waals surface area (Å²) in [6.45, 7) is 4.70. The van der Waals surface area contributed by atoms with Crippen molar-refractivity contribution in [3.05, 3.63) is 69.7 Å². The Hall–Kier alpha value is -1.69. The predicted octanol–water partition coefficient (Wildman–Crippen LogP) is 5.95. The molecule has 0 heterocycles. The summed E-state index contributed by atoms with van der Waals surface area (Å²) >= 11 is 14.4. The Labute approximate surface area is 199 Å². The van der Waals surface area contributed by atoms with Crippen LogP contribution >= 0.6 is 35.0 Å². The third-order valence-corrected chi connectivity index (χ3v) is 6.64. The van der Waals surface area contributed by atoms with Crippen LogP contribution in [0.5, 0.6) is 0 Å². The second kappa shape index (κ2) is 13.7. The number of nitrogens with zero attached hydrogens (tertiary/aromatic N) is 1. The van der Waals surface area contributed by atoms with Gasteiger partial charge in [0.2, 0.25) is 11.8 Å². The summed E-state index contributed by atoms with van der Waals surface area (Å²) in [4.78, 5) is 27.6. The van der Waals surface area contributed by atoms with Crippen LogP contribution in [-0.4, -0.2) is 35.1 Å². The van der Waals surface area contributed by atoms with Crippen molar-refractivity contribution < 1.29 is 9.59 Å². The van der Waals surface area contributed by atoms with Crippen molar-refractivity contribution in [3.63, 3.8) is 0 Å². The van der Waals surface area contributed by atoms with Crippen LogP contribution in [0.2, 0.25) is 10.0 Å². The quantitative estimate of drug-likeness (QED) is 0.381. The van der Waals surface area contributed by atoms with Gasteiger partial charge in [0.15, 0.2) is 0 Å². The first-order chi connectivity index (χ1) is 15.0. The van der Waals surface area contributed by atoms with Crippen LogP contribution in [0.1, 0.15) is 44.2 Å². The molecule has 7 heteroatoms. The van der Waals surface area contributed by atoms with E-state index in [-0.39, 0.29) is 18.4 Å². The topological polar surface area (TPSA) is 49.4 Å². The molecule has 0 fully saturated rings. The number of nitrogens with one attached hydrogen (secondary N) is 1. The van der Waals surface area contributed by atoms with E-state index in [0.29, 0.717) is 40.7 Å². The maximum atomic E-state index is 13.2. The van der Waals surface area contributed by atoms with Crippen LogP contribution in [0.3, 0.4) is 0 Å². The largest absolute Gasteiger partial charge is 0.354 e. The lowest BCUT2D eigenvalue weighted by Gasteiger charge is -2.31. The maximum absolute atomic E-state index is 13.2. The van der Waals surface area contributed by atoms with Crippen LogP contribution in [0.15, 0.2) is 48.5 Å². The van der Waals surface area contributed by atoms with E-state index in [1.54, 1.807) is 34.9 Å². The highest BCUT2D eigenvalue weighted by molar-refractivity contribution is 7.98. The average molecular weight is 481 g/mol. The zero-order valence-electron chi connectivity index (χ0n) is 18.1. The summed E-state index contributed by atoms with van der Waals surface area (Å²) in [5.74, 6) is 1.31. The Balaban J connectivity index is 2.11. The van der Waals surface area contributed by atoms with E-state index in [9.17, 15) is 9.59 Å². The van der Waals surface area contributed by atoms with Crippen LogP contribution in [0.4, 0.5) is 0 Å². The van der Waals surface area contributed by atoms with E-state index in [1.807, 2.05) is 32.0 Å². The monoisotopic (exact) mass is 480 g/mol. The van der Waals surface area contributed by atoms with Gasteiger partial charge in [-0.3, -0.25) is 9.59 Å². The number of carbonyl (C=O) groups is 2. The molecule has 1 N–H and O–H groups in total. The number of amides is 2. The molecule has 0 aliphatic heterocycles. The summed E-state index contributed by atoms with van der Waals surface area (Å²) in [6.07, 6.45) is 1.69. The highest BCUT2D eigenvalue weighted by Crippen LogP contribution is 2.27. The smallest absolute Gasteiger partial charge is 0.242 e. The fourth-order valence-corrected chi connectivity index (χ4v) is 4.62. The van der Waals surface area contributed by atoms with Crippen molar-refractivity contribution in [1.82, 2.24) is 10.2 Å². The molecule has 0 aliphatic rings. The number of carbonyl (C=O) groups excluding carboxylic acids is 2. The zero-order chi connectivity index (χ0) is 22.6. The van der Waals surface area contributed by atoms with Crippen molar-refractivity contribution in [2.45, 2.75) is 51.4 Å². The fourth-order valence-electron chi connectivity index (χ4n) is 3.21. The third kappa shape index (κ3) is 8.06. The minimum Gasteiger partial charge on any atom is -0.354 e. The minimum absolute atomic E-state index is 0.0740. The Morgan fingerprint density at radius 2 is 1.71 bits per heavy atom. The van der Waals surface area contributed by atoms with Gasteiger partial charge in [-0.25, -0.2) is 0 Å². The van der Waals surface area contributed by atoms with Crippen LogP contribution < -0.4 is 5.32 Å². The zero-order valence-corrected chi connectivity index (χ0v) is 20.4. The Morgan fingerprint density at radius 1 is 1.03 bits per heavy atom. The van der Waals surface area contributed by atoms with Crippen LogP contribution in [0.25, 0.3) is 0 Å². The molecule has 0 saturated carbocycles. The van der Waals surface area contributed by atoms with Crippen molar-refractivity contribution in [2.24, 2.45) is 0 Å². The molecule has 2 aromatic rings. The van der Waals surface area contributed by atoms with E-state index in [2.05, 4.69) is 17.4 Å². The summed E-state index contributed by atoms with van der Waals surface area (Å²) in [7, 11) is 0. The lowest BCUT2D eigenvalue weighted by atomic mass is 10.1. The molecule has 2 rings (SSSR count). The van der Waals surface area contributed by atoms with E-state index >= 15 is 0 Å². The molecule has 31 heavy (non-hydrogen) atoms. The summed E-state index contributed by atoms with van der Waals surface area (Å²) < 4.78 is 0. The number of benzene rings is 2. The van der Waals surface area contributed by atoms with Crippen LogP contribution in [-0.2, 0) is 21.9 Å². The second-order valence-corrected chi connectivity index (χ2v) is 9.14. The number of rotatable bonds is 12. The molecule has 0 saturated heterocycles. The van der Waals surface area contributed by atoms with Gasteiger partial charge in [-0.2, -0.15) is 11.8 Å². The number of thioether (sulfide) groups is 1. The first-order valence-electron chi connectivity index (χ1n) is 10.6. The molecule has 0 unspecified atom stereocenters. The van der Waals surface area contributed by atoms with Crippen molar-refractivity contribution in [2.75, 3.05) is 12.3 Å². The van der Waals surface area contributed by atoms with E-state index in [0.717, 1.165) is 12.2 Å². The van der Waals surface area contributed by atoms with Gasteiger partial charge in [0.05, 0.1) is 0 Å². The highest BCUT2D eigenvalue weighted by atomic mass is 35.5. The second-order valence-electron chi connectivity index (χ2n) is 7.23. The summed E-state index contributed by atoms with van der Waals surface area (Å²) in [6, 6.07) is 14.9. The van der Waals surface area contributed by atoms with Gasteiger partial charge in [0.1, 0.15) is 6.04 Å². The molecule has 0 radical (unpaired) electrons. The van der Waals surface area contributed by atoms with Gasteiger partial charge in [0, 0.05) is 46.6 Å². The normalized spacial score (nSPS) is 11.7. The molecule has 0 spiro atoms. The van der Waals surface area contributed by atoms with Crippen LogP contribution in [0, 0.1) is 0 Å². The molecule has 168 valence electrons. The van der Waals surface area contributed by atoms with E-state index < -0.39 is 6.04 Å². The number of hydrogen-bond acceptors (Lipinski definition) is 3. The highest BCUT2D eigenvalue weighted by Gasteiger charge is 2.29. The van der Waals surface area contributed by atoms with Crippen molar-refractivity contribution in [3.8, 4) is 0 Å². The first kappa shape index (κ1) is 25.6. The summed E-state index contributed by atoms with van der Waals surface area (Å²) in [5.41, 5.74) is 1.89. The molecule has 0 aromatic heterocycles. The van der Waals surface area contributed by atoms with E-state index in [1.165, 1.54) is 5.56 Å². The molecular weight excluding hydrogens is 451 g/mol. The molecule has 0 aliphatic carbocycles. The first-order valence-corrected chi connectivity index (χ1v) is 12.5. The van der Waals surface area contributed by atoms with Gasteiger partial charge < -0.3 is 10.2 Å². The molecule has 4 nitrogen and oxygen atoms in total. The fraction of sp³-hybridized carbons (Fsp3) is 0.417. The van der Waals surface area contributed by atoms with Gasteiger partial charge in [-0.1, -0.05) is 73.4 Å². The molecule has 1 atom stereocenters. The predicted molar refractivity (Wildman–Crippen MR) is 132 cm³/mol. The van der Waals surface area contributed by atoms with Crippen molar-refractivity contribution in [1.29, 1.82) is 0 Å². The SMILES string of the molecule is CCCNC(=O)[C@H](CC)N(Cc1c(Cl)cccc1Cl)C(=O)CCSCc1ccccc1. The van der Waals surface area contributed by atoms with Crippen molar-refractivity contribution >= 4 is 46.8 Å². The summed E-state index contributed by atoms with van der Waals surface area (Å²) in [5, 5.41) is 3.90. The maximum Gasteiger partial charge on any atom is 0.242 e. The number of halogens is 2. The Bertz CT molecular complexity index is 828. The van der Waals surface area contributed by atoms with Gasteiger partial charge in [-0.15, -0.1) is 0 Å². The average Bonchev–Trinajstić information content (AvgIpc) is 2.77. The Kier molecular flexibility index (Phi) is 11.3. The van der Waals surface area contributed by atoms with E-state index in [4.69, 9.17) is 23.2 Å². The van der Waals surface area contributed by atoms with Gasteiger partial charge >= 0.3 is 0 Å². The van der Waals surface area contributed by atoms with Gasteiger partial charge in [0.25, 0.3) is 0 Å². The lowest BCUT2D eigenvalue weighted by molar-refractivity contribution is -0.141. The van der Waals surface area contributed by atoms with Gasteiger partial charge in [-0.05, 0) is 30.5 Å². The lowest BCUT2D eigenvalue weighted by Crippen LogP contribution is -2.49. The molecular formula is C24H30Cl2N2O2S. The Morgan fingerprint density at radius 3 is 2.32 bits per heavy atom. The minimum atomic E-state index is -0.564. The molecule has 2 amide bonds. The molecule has 0 bridgehead atoms. The molecule has 2 aromatic carbocycles. The third-order valence-electron chi connectivity index (χ3n) is 4.90. The standard InChI is InChI=1S/C24H30Cl2N2O2S/c1-3-14-27-24(30)22(4-2)28(16-19-20(25)11-8-12-21(19)26)23(29)13-15-31-17-18-9-6-5-7-10-18/h5-12,22H,3-4,13-17H2,1-2H3,(H,27,30)/t22-/m0/s1. The number of hydrogen-bond donors (Lipinski definition) is 1.